The molecule has 0 unspecified atom stereocenters. The number of aryl methyl sites for hydroxylation is 1. The highest BCUT2D eigenvalue weighted by Gasteiger charge is 2.38. The summed E-state index contributed by atoms with van der Waals surface area (Å²) in [5, 5.41) is 0. The van der Waals surface area contributed by atoms with E-state index >= 15 is 0 Å². The number of hydrogen-bond acceptors (Lipinski definition) is 4. The minimum atomic E-state index is -0.429. The normalized spacial score (nSPS) is 23.3. The summed E-state index contributed by atoms with van der Waals surface area (Å²) in [6.45, 7) is 8.47. The molecular formula is C26H29NO4. The highest BCUT2D eigenvalue weighted by molar-refractivity contribution is 6.34. The van der Waals surface area contributed by atoms with Gasteiger partial charge in [0.1, 0.15) is 6.10 Å². The fourth-order valence-electron chi connectivity index (χ4n) is 4.75. The average Bonchev–Trinajstić information content (AvgIpc) is 2.98. The number of rotatable bonds is 4. The van der Waals surface area contributed by atoms with Crippen molar-refractivity contribution < 1.29 is 19.1 Å². The number of ether oxygens (including phenoxy) is 1. The number of anilines is 1. The summed E-state index contributed by atoms with van der Waals surface area (Å²) in [7, 11) is 0. The number of carbonyl (C=O) groups is 3. The summed E-state index contributed by atoms with van der Waals surface area (Å²) in [6, 6.07) is 11.9. The van der Waals surface area contributed by atoms with Gasteiger partial charge in [0.05, 0.1) is 22.4 Å². The Morgan fingerprint density at radius 1 is 1.00 bits per heavy atom. The summed E-state index contributed by atoms with van der Waals surface area (Å²) >= 11 is 0. The zero-order chi connectivity index (χ0) is 22.3. The van der Waals surface area contributed by atoms with Gasteiger partial charge in [-0.05, 0) is 67.9 Å². The van der Waals surface area contributed by atoms with Crippen LogP contribution in [0.5, 0.6) is 0 Å². The molecule has 2 aliphatic rings. The number of fused-ring (bicyclic) bond motifs is 1. The summed E-state index contributed by atoms with van der Waals surface area (Å²) < 4.78 is 5.92. The van der Waals surface area contributed by atoms with Crippen molar-refractivity contribution in [2.24, 2.45) is 17.8 Å². The molecule has 5 heteroatoms. The highest BCUT2D eigenvalue weighted by Crippen LogP contribution is 2.36. The lowest BCUT2D eigenvalue weighted by atomic mass is 9.75. The Kier molecular flexibility index (Phi) is 5.69. The van der Waals surface area contributed by atoms with Gasteiger partial charge in [-0.2, -0.15) is 0 Å². The van der Waals surface area contributed by atoms with E-state index in [1.165, 1.54) is 6.07 Å². The van der Waals surface area contributed by atoms with Crippen molar-refractivity contribution in [3.05, 3.63) is 64.7 Å². The van der Waals surface area contributed by atoms with Gasteiger partial charge in [0.15, 0.2) is 0 Å². The third-order valence-electron chi connectivity index (χ3n) is 6.63. The van der Waals surface area contributed by atoms with Gasteiger partial charge in [0.25, 0.3) is 11.8 Å². The zero-order valence-electron chi connectivity index (χ0n) is 18.6. The predicted octanol–water partition coefficient (Wildman–Crippen LogP) is 5.41. The van der Waals surface area contributed by atoms with E-state index in [9.17, 15) is 14.4 Å². The van der Waals surface area contributed by atoms with Crippen molar-refractivity contribution >= 4 is 23.5 Å². The van der Waals surface area contributed by atoms with Gasteiger partial charge in [-0.15, -0.1) is 0 Å². The van der Waals surface area contributed by atoms with Crippen LogP contribution in [0.15, 0.2) is 42.5 Å². The molecule has 0 bridgehead atoms. The Hall–Kier alpha value is -2.95. The van der Waals surface area contributed by atoms with E-state index < -0.39 is 11.9 Å². The van der Waals surface area contributed by atoms with Gasteiger partial charge in [-0.3, -0.25) is 9.59 Å². The summed E-state index contributed by atoms with van der Waals surface area (Å²) in [6.07, 6.45) is 2.95. The highest BCUT2D eigenvalue weighted by atomic mass is 16.5. The van der Waals surface area contributed by atoms with Crippen molar-refractivity contribution in [2.45, 2.75) is 53.1 Å². The molecular weight excluding hydrogens is 390 g/mol. The van der Waals surface area contributed by atoms with Crippen molar-refractivity contribution in [3.8, 4) is 0 Å². The van der Waals surface area contributed by atoms with Crippen molar-refractivity contribution in [2.75, 3.05) is 4.90 Å². The third kappa shape index (κ3) is 4.01. The minimum Gasteiger partial charge on any atom is -0.458 e. The Morgan fingerprint density at radius 3 is 2.35 bits per heavy atom. The molecule has 1 fully saturated rings. The number of hydrogen-bond donors (Lipinski definition) is 0. The van der Waals surface area contributed by atoms with Crippen LogP contribution in [0.2, 0.25) is 0 Å². The molecule has 4 rings (SSSR count). The lowest BCUT2D eigenvalue weighted by Crippen LogP contribution is -2.35. The second-order valence-corrected chi connectivity index (χ2v) is 9.31. The first-order valence-corrected chi connectivity index (χ1v) is 11.1. The van der Waals surface area contributed by atoms with E-state index in [0.717, 1.165) is 29.7 Å². The molecule has 1 saturated carbocycles. The summed E-state index contributed by atoms with van der Waals surface area (Å²) in [5.41, 5.74) is 2.44. The molecule has 162 valence electrons. The van der Waals surface area contributed by atoms with Gasteiger partial charge < -0.3 is 4.74 Å². The van der Waals surface area contributed by atoms with Crippen LogP contribution in [0, 0.1) is 24.7 Å². The zero-order valence-corrected chi connectivity index (χ0v) is 18.6. The molecule has 2 aromatic rings. The first kappa shape index (κ1) is 21.3. The van der Waals surface area contributed by atoms with Gasteiger partial charge in [0.2, 0.25) is 0 Å². The van der Waals surface area contributed by atoms with Crippen LogP contribution in [0.3, 0.4) is 0 Å². The number of esters is 1. The standard InChI is InChI=1S/C26H29NO4/c1-15(2)20-11-7-17(4)13-23(20)31-26(30)18-8-12-21-22(14-18)25(29)27(24(21)28)19-9-5-16(3)6-10-19/h5-6,8-10,12,14-15,17,20,23H,7,11,13H2,1-4H3/t17-,20+,23+/m0/s1. The minimum absolute atomic E-state index is 0.120. The number of amides is 2. The maximum Gasteiger partial charge on any atom is 0.338 e. The number of imide groups is 1. The third-order valence-corrected chi connectivity index (χ3v) is 6.63. The van der Waals surface area contributed by atoms with Crippen molar-refractivity contribution in [1.82, 2.24) is 0 Å². The fourth-order valence-corrected chi connectivity index (χ4v) is 4.75. The maximum absolute atomic E-state index is 13.0. The van der Waals surface area contributed by atoms with Crippen LogP contribution in [0.1, 0.15) is 76.7 Å². The topological polar surface area (TPSA) is 63.7 Å². The molecule has 0 radical (unpaired) electrons. The molecule has 2 aromatic carbocycles. The smallest absolute Gasteiger partial charge is 0.338 e. The Balaban J connectivity index is 1.57. The number of nitrogens with zero attached hydrogens (tertiary/aromatic N) is 1. The SMILES string of the molecule is Cc1ccc(N2C(=O)c3ccc(C(=O)O[C@@H]4C[C@@H](C)CC[C@@H]4C(C)C)cc3C2=O)cc1. The summed E-state index contributed by atoms with van der Waals surface area (Å²) in [5.74, 6) is 0.0914. The number of carbonyl (C=O) groups excluding carboxylic acids is 3. The van der Waals surface area contributed by atoms with Crippen LogP contribution in [0.25, 0.3) is 0 Å². The van der Waals surface area contributed by atoms with Crippen LogP contribution >= 0.6 is 0 Å². The molecule has 5 nitrogen and oxygen atoms in total. The molecule has 1 aliphatic heterocycles. The first-order valence-electron chi connectivity index (χ1n) is 11.1. The monoisotopic (exact) mass is 419 g/mol. The van der Waals surface area contributed by atoms with E-state index in [4.69, 9.17) is 4.74 Å². The van der Waals surface area contributed by atoms with E-state index in [1.807, 2.05) is 19.1 Å². The Bertz CT molecular complexity index is 1020. The molecule has 0 spiro atoms. The molecule has 31 heavy (non-hydrogen) atoms. The van der Waals surface area contributed by atoms with Crippen molar-refractivity contribution in [1.29, 1.82) is 0 Å². The largest absolute Gasteiger partial charge is 0.458 e. The molecule has 1 heterocycles. The fraction of sp³-hybridized carbons (Fsp3) is 0.423. The second-order valence-electron chi connectivity index (χ2n) is 9.31. The first-order chi connectivity index (χ1) is 14.8. The Morgan fingerprint density at radius 2 is 1.68 bits per heavy atom. The molecule has 3 atom stereocenters. The maximum atomic E-state index is 13.0. The molecule has 0 N–H and O–H groups in total. The predicted molar refractivity (Wildman–Crippen MR) is 119 cm³/mol. The van der Waals surface area contributed by atoms with Crippen LogP contribution in [0.4, 0.5) is 5.69 Å². The van der Waals surface area contributed by atoms with E-state index in [-0.39, 0.29) is 17.6 Å². The van der Waals surface area contributed by atoms with Gasteiger partial charge in [-0.25, -0.2) is 9.69 Å². The lowest BCUT2D eigenvalue weighted by molar-refractivity contribution is -0.0174. The van der Waals surface area contributed by atoms with Crippen LogP contribution in [-0.2, 0) is 4.74 Å². The quantitative estimate of drug-likeness (QED) is 0.491. The average molecular weight is 420 g/mol. The van der Waals surface area contributed by atoms with E-state index in [2.05, 4.69) is 20.8 Å². The second kappa shape index (κ2) is 8.29. The van der Waals surface area contributed by atoms with Gasteiger partial charge >= 0.3 is 5.97 Å². The summed E-state index contributed by atoms with van der Waals surface area (Å²) in [4.78, 5) is 39.9. The van der Waals surface area contributed by atoms with Gasteiger partial charge in [-0.1, -0.05) is 44.9 Å². The van der Waals surface area contributed by atoms with E-state index in [1.54, 1.807) is 24.3 Å². The molecule has 2 amide bonds. The molecule has 1 aliphatic carbocycles. The van der Waals surface area contributed by atoms with Gasteiger partial charge in [0, 0.05) is 0 Å². The van der Waals surface area contributed by atoms with Crippen LogP contribution in [-0.4, -0.2) is 23.9 Å². The molecule has 0 saturated heterocycles. The van der Waals surface area contributed by atoms with Crippen molar-refractivity contribution in [3.63, 3.8) is 0 Å². The number of benzene rings is 2. The molecule has 0 aromatic heterocycles. The van der Waals surface area contributed by atoms with E-state index in [0.29, 0.717) is 34.6 Å². The Labute approximate surface area is 183 Å². The lowest BCUT2D eigenvalue weighted by Gasteiger charge is -2.36. The van der Waals surface area contributed by atoms with Crippen LogP contribution < -0.4 is 4.90 Å².